The van der Waals surface area contributed by atoms with Crippen LogP contribution in [0.25, 0.3) is 0 Å². The number of carbonyl (C=O) groups is 1. The maximum absolute atomic E-state index is 12.0. The fourth-order valence-electron chi connectivity index (χ4n) is 3.70. The average Bonchev–Trinajstić information content (AvgIpc) is 3.23. The van der Waals surface area contributed by atoms with Crippen LogP contribution in [-0.4, -0.2) is 61.5 Å². The molecule has 5 heteroatoms. The van der Waals surface area contributed by atoms with Crippen LogP contribution in [0, 0.1) is 5.92 Å². The van der Waals surface area contributed by atoms with E-state index in [1.165, 1.54) is 50.9 Å². The van der Waals surface area contributed by atoms with Crippen molar-refractivity contribution in [3.63, 3.8) is 0 Å². The molecule has 0 spiro atoms. The topological polar surface area (TPSA) is 35.6 Å². The fourth-order valence-corrected chi connectivity index (χ4v) is 4.40. The Labute approximate surface area is 143 Å². The van der Waals surface area contributed by atoms with Crippen molar-refractivity contribution in [2.45, 2.75) is 32.1 Å². The number of likely N-dealkylation sites (tertiary alicyclic amines) is 2. The van der Waals surface area contributed by atoms with E-state index < -0.39 is 0 Å². The van der Waals surface area contributed by atoms with Crippen molar-refractivity contribution in [2.75, 3.05) is 45.8 Å². The van der Waals surface area contributed by atoms with Crippen LogP contribution in [0.3, 0.4) is 0 Å². The van der Waals surface area contributed by atoms with E-state index in [1.54, 1.807) is 11.3 Å². The first-order chi connectivity index (χ1) is 11.3. The maximum atomic E-state index is 12.0. The number of amides is 1. The molecule has 1 N–H and O–H groups in total. The lowest BCUT2D eigenvalue weighted by molar-refractivity contribution is -0.122. The first kappa shape index (κ1) is 16.9. The van der Waals surface area contributed by atoms with Gasteiger partial charge in [0.05, 0.1) is 6.54 Å². The van der Waals surface area contributed by atoms with Crippen molar-refractivity contribution < 1.29 is 4.79 Å². The first-order valence-corrected chi connectivity index (χ1v) is 9.96. The summed E-state index contributed by atoms with van der Waals surface area (Å²) in [5.74, 6) is 1.02. The molecule has 0 bridgehead atoms. The van der Waals surface area contributed by atoms with Crippen LogP contribution in [0.1, 0.15) is 31.2 Å². The van der Waals surface area contributed by atoms with Crippen molar-refractivity contribution in [3.05, 3.63) is 22.4 Å². The minimum atomic E-state index is 0.179. The van der Waals surface area contributed by atoms with Gasteiger partial charge in [0, 0.05) is 13.1 Å². The molecule has 1 amide bonds. The van der Waals surface area contributed by atoms with Crippen LogP contribution in [0.15, 0.2) is 16.8 Å². The molecule has 0 saturated carbocycles. The number of hydrogen-bond donors (Lipinski definition) is 1. The lowest BCUT2D eigenvalue weighted by Gasteiger charge is -2.33. The predicted octanol–water partition coefficient (Wildman–Crippen LogP) is 2.21. The Bertz CT molecular complexity index is 463. The normalized spacial score (nSPS) is 20.9. The van der Waals surface area contributed by atoms with Gasteiger partial charge in [0.1, 0.15) is 0 Å². The summed E-state index contributed by atoms with van der Waals surface area (Å²) in [5, 5.41) is 7.29. The Morgan fingerprint density at radius 2 is 1.96 bits per heavy atom. The van der Waals surface area contributed by atoms with Crippen LogP contribution >= 0.6 is 11.3 Å². The van der Waals surface area contributed by atoms with E-state index in [9.17, 15) is 4.79 Å². The third-order valence-corrected chi connectivity index (χ3v) is 5.84. The average molecular weight is 336 g/mol. The van der Waals surface area contributed by atoms with E-state index in [0.717, 1.165) is 32.0 Å². The van der Waals surface area contributed by atoms with Crippen molar-refractivity contribution in [1.29, 1.82) is 0 Å². The largest absolute Gasteiger partial charge is 0.355 e. The summed E-state index contributed by atoms with van der Waals surface area (Å²) in [7, 11) is 0. The number of thiophene rings is 1. The molecule has 1 aromatic rings. The third kappa shape index (κ3) is 5.59. The highest BCUT2D eigenvalue weighted by atomic mass is 32.1. The second kappa shape index (κ2) is 8.81. The Balaban J connectivity index is 1.28. The smallest absolute Gasteiger partial charge is 0.234 e. The van der Waals surface area contributed by atoms with Gasteiger partial charge in [-0.2, -0.15) is 11.3 Å². The molecule has 0 unspecified atom stereocenters. The van der Waals surface area contributed by atoms with Crippen LogP contribution in [0.2, 0.25) is 0 Å². The molecule has 2 fully saturated rings. The number of piperidine rings is 1. The third-order valence-electron chi connectivity index (χ3n) is 5.11. The van der Waals surface area contributed by atoms with Gasteiger partial charge < -0.3 is 10.2 Å². The number of carbonyl (C=O) groups excluding carboxylic acids is 1. The Hall–Kier alpha value is -0.910. The van der Waals surface area contributed by atoms with Gasteiger partial charge in [0.15, 0.2) is 0 Å². The zero-order valence-corrected chi connectivity index (χ0v) is 14.8. The highest BCUT2D eigenvalue weighted by molar-refractivity contribution is 7.07. The molecule has 1 aromatic heterocycles. The molecule has 0 aliphatic carbocycles. The Morgan fingerprint density at radius 3 is 2.65 bits per heavy atom. The van der Waals surface area contributed by atoms with E-state index in [1.807, 2.05) is 0 Å². The summed E-state index contributed by atoms with van der Waals surface area (Å²) < 4.78 is 0. The summed E-state index contributed by atoms with van der Waals surface area (Å²) in [4.78, 5) is 17.0. The molecule has 128 valence electrons. The second-order valence-corrected chi connectivity index (χ2v) is 7.74. The van der Waals surface area contributed by atoms with E-state index in [2.05, 4.69) is 31.9 Å². The fraction of sp³-hybridized carbons (Fsp3) is 0.722. The highest BCUT2D eigenvalue weighted by Crippen LogP contribution is 2.20. The summed E-state index contributed by atoms with van der Waals surface area (Å²) in [6, 6.07) is 2.13. The molecule has 0 atom stereocenters. The molecule has 4 nitrogen and oxygen atoms in total. The van der Waals surface area contributed by atoms with Gasteiger partial charge in [0.2, 0.25) is 5.91 Å². The monoisotopic (exact) mass is 335 g/mol. The van der Waals surface area contributed by atoms with Gasteiger partial charge in [-0.25, -0.2) is 0 Å². The van der Waals surface area contributed by atoms with Gasteiger partial charge in [-0.1, -0.05) is 0 Å². The molecule has 3 heterocycles. The van der Waals surface area contributed by atoms with Crippen LogP contribution in [0.4, 0.5) is 0 Å². The van der Waals surface area contributed by atoms with Gasteiger partial charge in [-0.05, 0) is 86.6 Å². The van der Waals surface area contributed by atoms with Gasteiger partial charge in [-0.3, -0.25) is 9.69 Å². The van der Waals surface area contributed by atoms with E-state index in [-0.39, 0.29) is 5.91 Å². The standard InChI is InChI=1S/C18H29N3OS/c22-18(19-7-3-17-6-12-23-15-17)14-21-10-4-16(5-11-21)13-20-8-1-2-9-20/h6,12,15-16H,1-5,7-11,13-14H2,(H,19,22). The summed E-state index contributed by atoms with van der Waals surface area (Å²) >= 11 is 1.71. The van der Waals surface area contributed by atoms with Crippen molar-refractivity contribution in [3.8, 4) is 0 Å². The number of rotatable bonds is 7. The van der Waals surface area contributed by atoms with E-state index in [4.69, 9.17) is 0 Å². The molecule has 2 saturated heterocycles. The second-order valence-electron chi connectivity index (χ2n) is 6.96. The van der Waals surface area contributed by atoms with Gasteiger partial charge in [0.25, 0.3) is 0 Å². The van der Waals surface area contributed by atoms with Crippen LogP contribution in [-0.2, 0) is 11.2 Å². The van der Waals surface area contributed by atoms with Crippen LogP contribution in [0.5, 0.6) is 0 Å². The summed E-state index contributed by atoms with van der Waals surface area (Å²) in [6.45, 7) is 7.36. The highest BCUT2D eigenvalue weighted by Gasteiger charge is 2.23. The Kier molecular flexibility index (Phi) is 6.48. The lowest BCUT2D eigenvalue weighted by Crippen LogP contribution is -2.43. The zero-order chi connectivity index (χ0) is 15.9. The van der Waals surface area contributed by atoms with Crippen molar-refractivity contribution in [1.82, 2.24) is 15.1 Å². The molecular weight excluding hydrogens is 306 g/mol. The molecule has 0 radical (unpaired) electrons. The van der Waals surface area contributed by atoms with Gasteiger partial charge >= 0.3 is 0 Å². The minimum Gasteiger partial charge on any atom is -0.355 e. The van der Waals surface area contributed by atoms with Gasteiger partial charge in [-0.15, -0.1) is 0 Å². The predicted molar refractivity (Wildman–Crippen MR) is 95.9 cm³/mol. The quantitative estimate of drug-likeness (QED) is 0.830. The lowest BCUT2D eigenvalue weighted by atomic mass is 9.96. The molecule has 0 aromatic carbocycles. The van der Waals surface area contributed by atoms with E-state index in [0.29, 0.717) is 6.54 Å². The summed E-state index contributed by atoms with van der Waals surface area (Å²) in [5.41, 5.74) is 1.32. The van der Waals surface area contributed by atoms with Crippen molar-refractivity contribution in [2.24, 2.45) is 5.92 Å². The zero-order valence-electron chi connectivity index (χ0n) is 14.0. The summed E-state index contributed by atoms with van der Waals surface area (Å²) in [6.07, 6.45) is 6.19. The number of hydrogen-bond acceptors (Lipinski definition) is 4. The Morgan fingerprint density at radius 1 is 1.17 bits per heavy atom. The maximum Gasteiger partial charge on any atom is 0.234 e. The minimum absolute atomic E-state index is 0.179. The molecule has 23 heavy (non-hydrogen) atoms. The number of nitrogens with one attached hydrogen (secondary N) is 1. The molecule has 2 aliphatic rings. The molecule has 3 rings (SSSR count). The van der Waals surface area contributed by atoms with Crippen LogP contribution < -0.4 is 5.32 Å². The van der Waals surface area contributed by atoms with Crippen molar-refractivity contribution >= 4 is 17.2 Å². The van der Waals surface area contributed by atoms with E-state index >= 15 is 0 Å². The SMILES string of the molecule is O=C(CN1CCC(CN2CCCC2)CC1)NCCc1ccsc1. The first-order valence-electron chi connectivity index (χ1n) is 9.02. The molecular formula is C18H29N3OS. The molecule has 2 aliphatic heterocycles. The number of nitrogens with zero attached hydrogens (tertiary/aromatic N) is 2.